The van der Waals surface area contributed by atoms with Gasteiger partial charge in [0.1, 0.15) is 0 Å². The third-order valence-electron chi connectivity index (χ3n) is 5.27. The van der Waals surface area contributed by atoms with E-state index in [9.17, 15) is 0 Å². The molecule has 0 saturated heterocycles. The Bertz CT molecular complexity index is 359. The molecule has 0 radical (unpaired) electrons. The Hall–Kier alpha value is -0.780. The fourth-order valence-corrected chi connectivity index (χ4v) is 4.20. The van der Waals surface area contributed by atoms with Gasteiger partial charge in [-0.05, 0) is 35.7 Å². The van der Waals surface area contributed by atoms with E-state index in [-0.39, 0.29) is 0 Å². The van der Waals surface area contributed by atoms with Crippen LogP contribution in [0.5, 0.6) is 0 Å². The molecular formula is C20H32. The van der Waals surface area contributed by atoms with Gasteiger partial charge < -0.3 is 0 Å². The second-order valence-corrected chi connectivity index (χ2v) is 7.24. The largest absolute Gasteiger partial charge is 0.0622 e. The van der Waals surface area contributed by atoms with E-state index >= 15 is 0 Å². The van der Waals surface area contributed by atoms with E-state index in [0.717, 1.165) is 23.7 Å². The van der Waals surface area contributed by atoms with Crippen LogP contribution < -0.4 is 0 Å². The Morgan fingerprint density at radius 3 is 2.20 bits per heavy atom. The second kappa shape index (κ2) is 7.86. The van der Waals surface area contributed by atoms with Gasteiger partial charge in [-0.2, -0.15) is 0 Å². The minimum Gasteiger partial charge on any atom is -0.0622 e. The lowest BCUT2D eigenvalue weighted by molar-refractivity contribution is 0.278. The van der Waals surface area contributed by atoms with Crippen LogP contribution in [-0.4, -0.2) is 0 Å². The quantitative estimate of drug-likeness (QED) is 0.560. The van der Waals surface area contributed by atoms with Crippen LogP contribution in [0.15, 0.2) is 30.3 Å². The average molecular weight is 272 g/mol. The molecule has 0 aliphatic heterocycles. The fourth-order valence-electron chi connectivity index (χ4n) is 4.20. The molecule has 2 atom stereocenters. The third-order valence-corrected chi connectivity index (χ3v) is 5.27. The topological polar surface area (TPSA) is 0 Å². The van der Waals surface area contributed by atoms with E-state index in [1.54, 1.807) is 5.56 Å². The van der Waals surface area contributed by atoms with Crippen molar-refractivity contribution in [2.24, 2.45) is 17.8 Å². The molecule has 0 amide bonds. The maximum absolute atomic E-state index is 2.47. The molecule has 1 aliphatic rings. The average Bonchev–Trinajstić information content (AvgIpc) is 2.47. The molecule has 1 saturated carbocycles. The number of benzene rings is 1. The molecule has 0 N–H and O–H groups in total. The van der Waals surface area contributed by atoms with Gasteiger partial charge in [0, 0.05) is 0 Å². The first kappa shape index (κ1) is 15.6. The predicted molar refractivity (Wildman–Crippen MR) is 89.0 cm³/mol. The predicted octanol–water partition coefficient (Wildman–Crippen LogP) is 6.42. The van der Waals surface area contributed by atoms with Gasteiger partial charge in [0.15, 0.2) is 0 Å². The van der Waals surface area contributed by atoms with Crippen LogP contribution in [0.25, 0.3) is 0 Å². The summed E-state index contributed by atoms with van der Waals surface area (Å²) < 4.78 is 0. The van der Waals surface area contributed by atoms with Crippen molar-refractivity contribution in [3.8, 4) is 0 Å². The van der Waals surface area contributed by atoms with Crippen molar-refractivity contribution >= 4 is 0 Å². The van der Waals surface area contributed by atoms with Crippen molar-refractivity contribution in [3.63, 3.8) is 0 Å². The SMILES string of the molecule is CC(C)C(c1ccccc1)C(C)CCC1CCCCC1. The van der Waals surface area contributed by atoms with Gasteiger partial charge in [0.25, 0.3) is 0 Å². The molecule has 20 heavy (non-hydrogen) atoms. The van der Waals surface area contributed by atoms with Gasteiger partial charge in [-0.25, -0.2) is 0 Å². The molecule has 1 aromatic rings. The lowest BCUT2D eigenvalue weighted by Gasteiger charge is -2.30. The molecule has 2 unspecified atom stereocenters. The number of hydrogen-bond donors (Lipinski definition) is 0. The Morgan fingerprint density at radius 1 is 0.950 bits per heavy atom. The summed E-state index contributed by atoms with van der Waals surface area (Å²) >= 11 is 0. The zero-order valence-corrected chi connectivity index (χ0v) is 13.6. The summed E-state index contributed by atoms with van der Waals surface area (Å²) in [6.07, 6.45) is 10.3. The van der Waals surface area contributed by atoms with Crippen LogP contribution in [0, 0.1) is 17.8 Å². The van der Waals surface area contributed by atoms with Crippen molar-refractivity contribution in [3.05, 3.63) is 35.9 Å². The maximum Gasteiger partial charge on any atom is -0.0113 e. The number of rotatable bonds is 6. The van der Waals surface area contributed by atoms with E-state index < -0.39 is 0 Å². The van der Waals surface area contributed by atoms with Gasteiger partial charge >= 0.3 is 0 Å². The summed E-state index contributed by atoms with van der Waals surface area (Å²) in [5.74, 6) is 3.28. The van der Waals surface area contributed by atoms with E-state index in [4.69, 9.17) is 0 Å². The Labute approximate surface area is 126 Å². The van der Waals surface area contributed by atoms with Crippen molar-refractivity contribution in [2.45, 2.75) is 71.6 Å². The second-order valence-electron chi connectivity index (χ2n) is 7.24. The van der Waals surface area contributed by atoms with Gasteiger partial charge in [-0.1, -0.05) is 89.6 Å². The van der Waals surface area contributed by atoms with Crippen molar-refractivity contribution in [1.82, 2.24) is 0 Å². The highest BCUT2D eigenvalue weighted by molar-refractivity contribution is 5.20. The maximum atomic E-state index is 2.47. The summed E-state index contributed by atoms with van der Waals surface area (Å²) in [5, 5.41) is 0. The molecule has 0 bridgehead atoms. The van der Waals surface area contributed by atoms with Gasteiger partial charge in [-0.3, -0.25) is 0 Å². The Kier molecular flexibility index (Phi) is 6.13. The third kappa shape index (κ3) is 4.36. The van der Waals surface area contributed by atoms with Gasteiger partial charge in [0.05, 0.1) is 0 Å². The first-order valence-corrected chi connectivity index (χ1v) is 8.73. The van der Waals surface area contributed by atoms with E-state index in [1.807, 2.05) is 0 Å². The highest BCUT2D eigenvalue weighted by Gasteiger charge is 2.23. The highest BCUT2D eigenvalue weighted by atomic mass is 14.3. The van der Waals surface area contributed by atoms with Crippen LogP contribution in [0.3, 0.4) is 0 Å². The summed E-state index contributed by atoms with van der Waals surface area (Å²) in [6, 6.07) is 11.2. The first-order chi connectivity index (χ1) is 9.68. The zero-order chi connectivity index (χ0) is 14.4. The zero-order valence-electron chi connectivity index (χ0n) is 13.6. The van der Waals surface area contributed by atoms with Gasteiger partial charge in [0.2, 0.25) is 0 Å². The van der Waals surface area contributed by atoms with E-state index in [2.05, 4.69) is 51.1 Å². The van der Waals surface area contributed by atoms with Crippen LogP contribution in [0.1, 0.15) is 77.2 Å². The molecule has 1 aliphatic carbocycles. The Morgan fingerprint density at radius 2 is 1.60 bits per heavy atom. The number of hydrogen-bond acceptors (Lipinski definition) is 0. The highest BCUT2D eigenvalue weighted by Crippen LogP contribution is 2.37. The molecule has 0 heteroatoms. The summed E-state index contributed by atoms with van der Waals surface area (Å²) in [7, 11) is 0. The van der Waals surface area contributed by atoms with E-state index in [1.165, 1.54) is 44.9 Å². The smallest absolute Gasteiger partial charge is 0.0113 e. The molecule has 1 aromatic carbocycles. The summed E-state index contributed by atoms with van der Waals surface area (Å²) in [4.78, 5) is 0. The minimum absolute atomic E-state index is 0.722. The van der Waals surface area contributed by atoms with Crippen LogP contribution in [0.2, 0.25) is 0 Å². The summed E-state index contributed by atoms with van der Waals surface area (Å²) in [5.41, 5.74) is 1.54. The van der Waals surface area contributed by atoms with Crippen LogP contribution >= 0.6 is 0 Å². The molecule has 0 spiro atoms. The Balaban J connectivity index is 1.91. The molecule has 0 aromatic heterocycles. The van der Waals surface area contributed by atoms with E-state index in [0.29, 0.717) is 0 Å². The molecule has 1 fully saturated rings. The lowest BCUT2D eigenvalue weighted by Crippen LogP contribution is -2.17. The molecule has 0 heterocycles. The monoisotopic (exact) mass is 272 g/mol. The standard InChI is InChI=1S/C20H32/c1-16(2)20(19-12-8-5-9-13-19)17(3)14-15-18-10-6-4-7-11-18/h5,8-9,12-13,16-18,20H,4,6-7,10-11,14-15H2,1-3H3. The summed E-state index contributed by atoms with van der Waals surface area (Å²) in [6.45, 7) is 7.24. The molecular weight excluding hydrogens is 240 g/mol. The lowest BCUT2D eigenvalue weighted by atomic mass is 9.75. The van der Waals surface area contributed by atoms with Crippen molar-refractivity contribution in [1.29, 1.82) is 0 Å². The first-order valence-electron chi connectivity index (χ1n) is 8.73. The van der Waals surface area contributed by atoms with Crippen molar-refractivity contribution < 1.29 is 0 Å². The molecule has 2 rings (SSSR count). The molecule has 0 nitrogen and oxygen atoms in total. The minimum atomic E-state index is 0.722. The van der Waals surface area contributed by atoms with Gasteiger partial charge in [-0.15, -0.1) is 0 Å². The van der Waals surface area contributed by atoms with Crippen LogP contribution in [0.4, 0.5) is 0 Å². The van der Waals surface area contributed by atoms with Crippen molar-refractivity contribution in [2.75, 3.05) is 0 Å². The molecule has 112 valence electrons. The van der Waals surface area contributed by atoms with Crippen LogP contribution in [-0.2, 0) is 0 Å². The normalized spacial score (nSPS) is 20.0. The fraction of sp³-hybridized carbons (Fsp3) is 0.700.